The van der Waals surface area contributed by atoms with Gasteiger partial charge in [0.25, 0.3) is 5.56 Å². The number of aliphatic carboxylic acids is 1. The average molecular weight is 406 g/mol. The smallest absolute Gasteiger partial charge is 0.322 e. The van der Waals surface area contributed by atoms with Crippen LogP contribution in [0.1, 0.15) is 6.92 Å². The number of benzene rings is 2. The van der Waals surface area contributed by atoms with Crippen molar-refractivity contribution in [1.29, 1.82) is 0 Å². The summed E-state index contributed by atoms with van der Waals surface area (Å²) >= 11 is 0. The van der Waals surface area contributed by atoms with Gasteiger partial charge in [0, 0.05) is 5.69 Å². The second-order valence-electron chi connectivity index (χ2n) is 6.40. The largest absolute Gasteiger partial charge is 0.493 e. The first-order chi connectivity index (χ1) is 14.5. The molecule has 0 radical (unpaired) electrons. The van der Waals surface area contributed by atoms with Gasteiger partial charge in [-0.1, -0.05) is 23.4 Å². The van der Waals surface area contributed by atoms with E-state index in [1.165, 1.54) is 0 Å². The molecule has 0 aliphatic carbocycles. The number of carboxylic acids is 1. The van der Waals surface area contributed by atoms with E-state index in [0.29, 0.717) is 29.4 Å². The maximum absolute atomic E-state index is 12.2. The van der Waals surface area contributed by atoms with Crippen LogP contribution < -0.4 is 15.6 Å². The maximum Gasteiger partial charge on any atom is 0.322 e. The third kappa shape index (κ3) is 3.83. The number of carboxylic acid groups (broad SMARTS) is 1. The van der Waals surface area contributed by atoms with Crippen molar-refractivity contribution < 1.29 is 14.6 Å². The lowest BCUT2D eigenvalue weighted by Crippen LogP contribution is -2.12. The molecule has 0 unspecified atom stereocenters. The van der Waals surface area contributed by atoms with E-state index < -0.39 is 11.5 Å². The summed E-state index contributed by atoms with van der Waals surface area (Å²) in [4.78, 5) is 30.1. The Morgan fingerprint density at radius 3 is 2.83 bits per heavy atom. The number of nitrogens with one attached hydrogen (secondary N) is 3. The molecular weight excluding hydrogens is 388 g/mol. The molecule has 4 rings (SSSR count). The molecule has 2 heterocycles. The van der Waals surface area contributed by atoms with Crippen molar-refractivity contribution in [2.45, 2.75) is 6.92 Å². The minimum Gasteiger partial charge on any atom is -0.493 e. The molecule has 30 heavy (non-hydrogen) atoms. The molecule has 0 bridgehead atoms. The van der Waals surface area contributed by atoms with E-state index in [1.807, 2.05) is 43.3 Å². The zero-order chi connectivity index (χ0) is 21.1. The lowest BCUT2D eigenvalue weighted by Gasteiger charge is -2.13. The summed E-state index contributed by atoms with van der Waals surface area (Å²) in [5.41, 5.74) is 3.10. The van der Waals surface area contributed by atoms with Crippen LogP contribution in [-0.4, -0.2) is 49.6 Å². The first kappa shape index (κ1) is 19.1. The molecule has 0 fully saturated rings. The highest BCUT2D eigenvalue weighted by Crippen LogP contribution is 2.33. The Morgan fingerprint density at radius 2 is 2.03 bits per heavy atom. The van der Waals surface area contributed by atoms with E-state index in [9.17, 15) is 9.59 Å². The molecule has 10 nitrogen and oxygen atoms in total. The number of hydrogen-bond donors (Lipinski definition) is 4. The molecule has 0 saturated heterocycles. The molecule has 0 saturated carbocycles. The summed E-state index contributed by atoms with van der Waals surface area (Å²) in [6, 6.07) is 13.0. The number of rotatable bonds is 7. The summed E-state index contributed by atoms with van der Waals surface area (Å²) in [5.74, 6) is -0.0476. The molecule has 152 valence electrons. The highest BCUT2D eigenvalue weighted by atomic mass is 16.5. The van der Waals surface area contributed by atoms with Gasteiger partial charge in [0.15, 0.2) is 11.2 Å². The second kappa shape index (κ2) is 8.03. The van der Waals surface area contributed by atoms with Gasteiger partial charge in [-0.25, -0.2) is 10.1 Å². The van der Waals surface area contributed by atoms with Gasteiger partial charge in [0.2, 0.25) is 0 Å². The lowest BCUT2D eigenvalue weighted by atomic mass is 10.0. The molecular formula is C20H18N6O4. The van der Waals surface area contributed by atoms with Crippen molar-refractivity contribution in [3.05, 3.63) is 52.8 Å². The predicted molar refractivity (Wildman–Crippen MR) is 110 cm³/mol. The van der Waals surface area contributed by atoms with Crippen molar-refractivity contribution in [3.63, 3.8) is 0 Å². The Bertz CT molecular complexity index is 1280. The van der Waals surface area contributed by atoms with Crippen molar-refractivity contribution in [2.24, 2.45) is 0 Å². The molecule has 0 aliphatic rings. The number of nitrogens with zero attached hydrogens (tertiary/aromatic N) is 3. The number of H-pyrrole nitrogens is 2. The van der Waals surface area contributed by atoms with E-state index >= 15 is 0 Å². The summed E-state index contributed by atoms with van der Waals surface area (Å²) in [6.45, 7) is 2.12. The molecule has 2 aromatic heterocycles. The van der Waals surface area contributed by atoms with E-state index in [-0.39, 0.29) is 17.7 Å². The highest BCUT2D eigenvalue weighted by Gasteiger charge is 2.14. The zero-order valence-electron chi connectivity index (χ0n) is 16.0. The van der Waals surface area contributed by atoms with Crippen molar-refractivity contribution in [3.8, 4) is 28.3 Å². The Morgan fingerprint density at radius 1 is 1.20 bits per heavy atom. The quantitative estimate of drug-likeness (QED) is 0.366. The molecule has 2 aromatic carbocycles. The fourth-order valence-corrected chi connectivity index (χ4v) is 3.05. The molecule has 0 atom stereocenters. The summed E-state index contributed by atoms with van der Waals surface area (Å²) in [6.07, 6.45) is 0. The maximum atomic E-state index is 12.2. The van der Waals surface area contributed by atoms with Crippen LogP contribution in [0.2, 0.25) is 0 Å². The van der Waals surface area contributed by atoms with Crippen LogP contribution in [0.4, 0.5) is 5.69 Å². The standard InChI is InChI=1S/C20H18N6O4/c1-2-30-15-9-12(11-4-3-5-13(8-11)21-10-16(27)28)6-7-14(15)18-22-19-17(20(29)23-18)24-26-25-19/h3-9,21H,2,10H2,1H3,(H,27,28)(H2,22,23,24,25,26,29). The van der Waals surface area contributed by atoms with Gasteiger partial charge in [0.1, 0.15) is 18.1 Å². The van der Waals surface area contributed by atoms with Gasteiger partial charge in [0.05, 0.1) is 12.2 Å². The van der Waals surface area contributed by atoms with Crippen LogP contribution in [0.15, 0.2) is 47.3 Å². The molecule has 0 aliphatic heterocycles. The third-order valence-corrected chi connectivity index (χ3v) is 4.38. The second-order valence-corrected chi connectivity index (χ2v) is 6.40. The highest BCUT2D eigenvalue weighted by molar-refractivity contribution is 5.78. The number of aromatic amines is 2. The minimum absolute atomic E-state index is 0.138. The molecule has 10 heteroatoms. The number of fused-ring (bicyclic) bond motifs is 1. The van der Waals surface area contributed by atoms with Crippen molar-refractivity contribution in [1.82, 2.24) is 25.4 Å². The van der Waals surface area contributed by atoms with Crippen LogP contribution in [0.5, 0.6) is 5.75 Å². The predicted octanol–water partition coefficient (Wildman–Crippen LogP) is 2.27. The van der Waals surface area contributed by atoms with Gasteiger partial charge < -0.3 is 20.1 Å². The van der Waals surface area contributed by atoms with Gasteiger partial charge in [-0.2, -0.15) is 0 Å². The Kier molecular flexibility index (Phi) is 5.12. The van der Waals surface area contributed by atoms with Crippen LogP contribution in [0, 0.1) is 0 Å². The number of aromatic nitrogens is 5. The Hall–Kier alpha value is -4.21. The fourth-order valence-electron chi connectivity index (χ4n) is 3.05. The first-order valence-corrected chi connectivity index (χ1v) is 9.19. The van der Waals surface area contributed by atoms with Crippen LogP contribution >= 0.6 is 0 Å². The SMILES string of the molecule is CCOc1cc(-c2cccc(NCC(=O)O)c2)ccc1-c1nc2[nH]nnc2c(=O)[nH]1. The van der Waals surface area contributed by atoms with Crippen molar-refractivity contribution >= 4 is 22.8 Å². The number of hydrogen-bond acceptors (Lipinski definition) is 7. The molecule has 0 amide bonds. The third-order valence-electron chi connectivity index (χ3n) is 4.38. The zero-order valence-corrected chi connectivity index (χ0v) is 16.0. The minimum atomic E-state index is -0.936. The van der Waals surface area contributed by atoms with Crippen LogP contribution in [-0.2, 0) is 4.79 Å². The number of ether oxygens (including phenoxy) is 1. The van der Waals surface area contributed by atoms with E-state index in [0.717, 1.165) is 11.1 Å². The van der Waals surface area contributed by atoms with E-state index in [1.54, 1.807) is 6.07 Å². The number of anilines is 1. The summed E-state index contributed by atoms with van der Waals surface area (Å²) in [5, 5.41) is 21.6. The Balaban J connectivity index is 1.74. The first-order valence-electron chi connectivity index (χ1n) is 9.19. The van der Waals surface area contributed by atoms with Gasteiger partial charge in [-0.05, 0) is 42.3 Å². The average Bonchev–Trinajstić information content (AvgIpc) is 3.22. The van der Waals surface area contributed by atoms with Crippen LogP contribution in [0.3, 0.4) is 0 Å². The lowest BCUT2D eigenvalue weighted by molar-refractivity contribution is -0.134. The molecule has 0 spiro atoms. The normalized spacial score (nSPS) is 10.8. The molecule has 4 aromatic rings. The van der Waals surface area contributed by atoms with Crippen LogP contribution in [0.25, 0.3) is 33.7 Å². The van der Waals surface area contributed by atoms with Gasteiger partial charge in [-0.15, -0.1) is 5.10 Å². The Labute approximate surface area is 169 Å². The van der Waals surface area contributed by atoms with Crippen molar-refractivity contribution in [2.75, 3.05) is 18.5 Å². The fraction of sp³-hybridized carbons (Fsp3) is 0.150. The number of carbonyl (C=O) groups is 1. The summed E-state index contributed by atoms with van der Waals surface area (Å²) < 4.78 is 5.80. The van der Waals surface area contributed by atoms with Gasteiger partial charge in [-0.3, -0.25) is 9.59 Å². The molecule has 4 N–H and O–H groups in total. The topological polar surface area (TPSA) is 146 Å². The van der Waals surface area contributed by atoms with Gasteiger partial charge >= 0.3 is 5.97 Å². The van der Waals surface area contributed by atoms with E-state index in [4.69, 9.17) is 9.84 Å². The summed E-state index contributed by atoms with van der Waals surface area (Å²) in [7, 11) is 0. The monoisotopic (exact) mass is 406 g/mol. The van der Waals surface area contributed by atoms with E-state index in [2.05, 4.69) is 30.7 Å².